The third-order valence-corrected chi connectivity index (χ3v) is 7.65. The van der Waals surface area contributed by atoms with Gasteiger partial charge in [0.15, 0.2) is 0 Å². The molecule has 0 saturated carbocycles. The first-order valence-corrected chi connectivity index (χ1v) is 13.8. The number of nitrogens with one attached hydrogen (secondary N) is 1. The van der Waals surface area contributed by atoms with E-state index in [0.717, 1.165) is 24.7 Å². The first-order valence-electron chi connectivity index (χ1n) is 10.4. The zero-order valence-electron chi connectivity index (χ0n) is 19.1. The number of hydrogen-bond acceptors (Lipinski definition) is 7. The van der Waals surface area contributed by atoms with Gasteiger partial charge in [-0.2, -0.15) is 4.31 Å². The summed E-state index contributed by atoms with van der Waals surface area (Å²) >= 11 is 0. The quantitative estimate of drug-likeness (QED) is 0.243. The van der Waals surface area contributed by atoms with Crippen molar-refractivity contribution in [2.75, 3.05) is 19.3 Å². The Morgan fingerprint density at radius 2 is 1.73 bits per heavy atom. The Labute approximate surface area is 219 Å². The van der Waals surface area contributed by atoms with Crippen LogP contribution in [0.5, 0.6) is 0 Å². The van der Waals surface area contributed by atoms with E-state index in [0.29, 0.717) is 24.5 Å². The third-order valence-electron chi connectivity index (χ3n) is 5.25. The molecule has 1 atom stereocenters. The molecule has 0 aliphatic carbocycles. The Bertz CT molecular complexity index is 1190. The van der Waals surface area contributed by atoms with Gasteiger partial charge >= 0.3 is 0 Å². The number of nitrogens with zero attached hydrogens (tertiary/aromatic N) is 4. The average molecular weight is 717 g/mol. The molecule has 33 heavy (non-hydrogen) atoms. The fourth-order valence-corrected chi connectivity index (χ4v) is 5.59. The maximum Gasteiger partial charge on any atom is 0.243 e. The van der Waals surface area contributed by atoms with E-state index >= 15 is 0 Å². The van der Waals surface area contributed by atoms with Crippen molar-refractivity contribution in [2.24, 2.45) is 4.99 Å². The first kappa shape index (κ1) is 28.0. The summed E-state index contributed by atoms with van der Waals surface area (Å²) < 4.78 is 52.2. The Hall–Kier alpha value is -1.20. The summed E-state index contributed by atoms with van der Waals surface area (Å²) in [5.74, 6) is 0.420. The molecule has 1 saturated heterocycles. The number of sulfonamides is 1. The predicted molar refractivity (Wildman–Crippen MR) is 124 cm³/mol. The molecule has 0 spiro atoms. The van der Waals surface area contributed by atoms with E-state index < -0.39 is 19.9 Å². The van der Waals surface area contributed by atoms with Gasteiger partial charge in [0.2, 0.25) is 10.0 Å². The molecule has 1 aliphatic rings. The summed E-state index contributed by atoms with van der Waals surface area (Å²) in [7, 11) is -7.10. The van der Waals surface area contributed by atoms with Gasteiger partial charge in [0, 0.05) is 61.5 Å². The smallest absolute Gasteiger partial charge is 0.243 e. The van der Waals surface area contributed by atoms with E-state index in [1.165, 1.54) is 8.99 Å². The summed E-state index contributed by atoms with van der Waals surface area (Å²) in [5, 5.41) is 7.44. The van der Waals surface area contributed by atoms with E-state index in [1.807, 2.05) is 20.8 Å². The Balaban J connectivity index is 0.00000385. The van der Waals surface area contributed by atoms with E-state index in [9.17, 15) is 16.8 Å². The minimum Gasteiger partial charge on any atom is -0.424 e. The summed E-state index contributed by atoms with van der Waals surface area (Å²) in [4.78, 5) is 4.29. The van der Waals surface area contributed by atoms with Gasteiger partial charge in [-0.05, 0) is 48.7 Å². The second-order valence-electron chi connectivity index (χ2n) is 8.16. The molecule has 1 radical (unpaired) electrons. The summed E-state index contributed by atoms with van der Waals surface area (Å²) in [5.41, 5.74) is 3.55. The number of benzene rings is 1. The van der Waals surface area contributed by atoms with Crippen LogP contribution in [0.1, 0.15) is 56.7 Å². The minimum atomic E-state index is -3.58. The van der Waals surface area contributed by atoms with E-state index in [2.05, 4.69) is 21.0 Å². The predicted octanol–water partition coefficient (Wildman–Crippen LogP) is 2.69. The molecular formula is C21H29N5NpO4S2-2. The Morgan fingerprint density at radius 3 is 2.33 bits per heavy atom. The van der Waals surface area contributed by atoms with Crippen LogP contribution in [0.2, 0.25) is 0 Å². The van der Waals surface area contributed by atoms with E-state index in [1.54, 1.807) is 37.1 Å². The van der Waals surface area contributed by atoms with E-state index in [4.69, 9.17) is 0 Å². The third kappa shape index (κ3) is 6.91. The van der Waals surface area contributed by atoms with Crippen LogP contribution in [-0.4, -0.2) is 55.8 Å². The van der Waals surface area contributed by atoms with Gasteiger partial charge in [0.25, 0.3) is 0 Å². The molecule has 0 bridgehead atoms. The van der Waals surface area contributed by atoms with Crippen LogP contribution in [0.15, 0.2) is 40.4 Å². The van der Waals surface area contributed by atoms with Crippen molar-refractivity contribution in [3.63, 3.8) is 0 Å². The van der Waals surface area contributed by atoms with Crippen LogP contribution in [0, 0.1) is 36.6 Å². The maximum atomic E-state index is 13.1. The first-order chi connectivity index (χ1) is 15.0. The molecule has 2 aromatic rings. The van der Waals surface area contributed by atoms with Crippen LogP contribution in [0.3, 0.4) is 0 Å². The molecule has 9 nitrogen and oxygen atoms in total. The molecule has 1 N–H and O–H groups in total. The van der Waals surface area contributed by atoms with Gasteiger partial charge in [0.05, 0.1) is 4.90 Å². The summed E-state index contributed by atoms with van der Waals surface area (Å²) in [6, 6.07) is 6.58. The van der Waals surface area contributed by atoms with Gasteiger partial charge in [-0.1, -0.05) is 44.3 Å². The molecule has 181 valence electrons. The van der Waals surface area contributed by atoms with Crippen molar-refractivity contribution in [1.82, 2.24) is 19.4 Å². The summed E-state index contributed by atoms with van der Waals surface area (Å²) in [6.45, 7) is 8.39. The van der Waals surface area contributed by atoms with Crippen LogP contribution < -0.4 is 5.32 Å². The van der Waals surface area contributed by atoms with Gasteiger partial charge in [-0.15, -0.1) is 0 Å². The van der Waals surface area contributed by atoms with Crippen molar-refractivity contribution in [1.29, 1.82) is 0 Å². The fraction of sp³-hybridized carbons (Fsp3) is 0.476. The SMILES string of the molecule is CC(C)c1cnn([CH-]NC(C)c2ccccc2S(=O)(=O)N2CCCC2)c1N=[C-]S(C)(=O)=O.[Np]. The Kier molecular flexibility index (Phi) is 9.76. The van der Waals surface area contributed by atoms with Gasteiger partial charge in [-0.25, -0.2) is 21.9 Å². The van der Waals surface area contributed by atoms with Crippen LogP contribution >= 0.6 is 0 Å². The maximum absolute atomic E-state index is 13.1. The van der Waals surface area contributed by atoms with Crippen molar-refractivity contribution in [3.8, 4) is 0 Å². The van der Waals surface area contributed by atoms with Crippen molar-refractivity contribution < 1.29 is 46.8 Å². The Morgan fingerprint density at radius 1 is 1.09 bits per heavy atom. The number of hydrogen-bond donors (Lipinski definition) is 1. The second-order valence-corrected chi connectivity index (χ2v) is 11.8. The molecule has 1 aromatic carbocycles. The van der Waals surface area contributed by atoms with Gasteiger partial charge in [-0.3, -0.25) is 0 Å². The fourth-order valence-electron chi connectivity index (χ4n) is 3.53. The van der Waals surface area contributed by atoms with Gasteiger partial charge in [0.1, 0.15) is 9.84 Å². The van der Waals surface area contributed by atoms with Gasteiger partial charge < -0.3 is 15.0 Å². The number of aromatic nitrogens is 2. The van der Waals surface area contributed by atoms with Crippen LogP contribution in [0.4, 0.5) is 5.82 Å². The number of sulfone groups is 1. The standard InChI is InChI=1S/C21H29N5O4S2.Np/c1-16(2)19-13-24-26(21(19)23-15-31(4,27)28)14-22-17(3)18-9-5-6-10-20(18)32(29,30)25-11-7-8-12-25;/h5-6,9-10,13-14,16-17,22H,7-8,11-12H2,1-4H3;/q-2;. The zero-order valence-corrected chi connectivity index (χ0v) is 24.5. The normalized spacial score (nSPS) is 16.3. The van der Waals surface area contributed by atoms with E-state index in [-0.39, 0.29) is 46.8 Å². The topological polar surface area (TPSA) is 114 Å². The largest absolute Gasteiger partial charge is 0.424 e. The van der Waals surface area contributed by atoms with Crippen LogP contribution in [0.25, 0.3) is 0 Å². The number of aliphatic imine (C=N–C) groups is 1. The second kappa shape index (κ2) is 11.5. The monoisotopic (exact) mass is 715 g/mol. The molecule has 12 heteroatoms. The molecule has 1 aliphatic heterocycles. The minimum absolute atomic E-state index is 0. The van der Waals surface area contributed by atoms with Crippen LogP contribution in [-0.2, 0) is 19.9 Å². The average Bonchev–Trinajstić information content (AvgIpc) is 3.40. The van der Waals surface area contributed by atoms with Crippen molar-refractivity contribution in [3.05, 3.63) is 48.3 Å². The van der Waals surface area contributed by atoms with Crippen molar-refractivity contribution >= 4 is 31.2 Å². The molecular weight excluding hydrogens is 687 g/mol. The zero-order chi connectivity index (χ0) is 23.5. The molecule has 2 heterocycles. The molecule has 3 rings (SSSR count). The summed E-state index contributed by atoms with van der Waals surface area (Å²) in [6.07, 6.45) is 4.39. The van der Waals surface area contributed by atoms with Crippen molar-refractivity contribution in [2.45, 2.75) is 50.5 Å². The number of rotatable bonds is 9. The molecule has 1 aromatic heterocycles. The molecule has 1 unspecified atom stereocenters. The molecule has 0 amide bonds. The molecule has 1 fully saturated rings.